The van der Waals surface area contributed by atoms with Gasteiger partial charge in [0.25, 0.3) is 10.0 Å². The van der Waals surface area contributed by atoms with Crippen molar-refractivity contribution in [2.45, 2.75) is 11.5 Å². The van der Waals surface area contributed by atoms with Crippen molar-refractivity contribution in [2.24, 2.45) is 0 Å². The fraction of sp³-hybridized carbons (Fsp3) is 0.0769. The Labute approximate surface area is 110 Å². The molecule has 19 heavy (non-hydrogen) atoms. The van der Waals surface area contributed by atoms with E-state index < -0.39 is 20.7 Å². The van der Waals surface area contributed by atoms with Crippen LogP contribution in [0.15, 0.2) is 53.4 Å². The van der Waals surface area contributed by atoms with Crippen molar-refractivity contribution >= 4 is 15.7 Å². The van der Waals surface area contributed by atoms with E-state index in [1.807, 2.05) is 0 Å². The van der Waals surface area contributed by atoms with Crippen LogP contribution >= 0.6 is 0 Å². The van der Waals surface area contributed by atoms with Gasteiger partial charge in [0.2, 0.25) is 0 Å². The predicted molar refractivity (Wildman–Crippen MR) is 69.6 cm³/mol. The number of sulfonamides is 1. The first-order valence-corrected chi connectivity index (χ1v) is 6.98. The zero-order valence-corrected chi connectivity index (χ0v) is 10.7. The molecule has 0 radical (unpaired) electrons. The molecule has 0 bridgehead atoms. The van der Waals surface area contributed by atoms with E-state index in [0.717, 1.165) is 12.1 Å². The molecule has 6 heteroatoms. The number of aliphatic hydroxyl groups is 1. The molecule has 2 N–H and O–H groups in total. The van der Waals surface area contributed by atoms with Gasteiger partial charge in [-0.2, -0.15) is 0 Å². The lowest BCUT2D eigenvalue weighted by Crippen LogP contribution is -2.15. The summed E-state index contributed by atoms with van der Waals surface area (Å²) in [6.07, 6.45) is 0. The monoisotopic (exact) mass is 281 g/mol. The molecule has 100 valence electrons. The summed E-state index contributed by atoms with van der Waals surface area (Å²) in [4.78, 5) is -0.483. The standard InChI is InChI=1S/C13H12FNO3S/c14-12-7-6-10(9-16)8-13(12)19(17,18)15-11-4-2-1-3-5-11/h1-8,15-16H,9H2. The minimum Gasteiger partial charge on any atom is -0.392 e. The molecule has 0 saturated carbocycles. The molecule has 0 aromatic heterocycles. The van der Waals surface area contributed by atoms with Crippen LogP contribution in [0.25, 0.3) is 0 Å². The third-order valence-corrected chi connectivity index (χ3v) is 3.89. The third-order valence-electron chi connectivity index (χ3n) is 2.49. The first-order valence-electron chi connectivity index (χ1n) is 5.50. The molecule has 0 aliphatic carbocycles. The molecule has 4 nitrogen and oxygen atoms in total. The Hall–Kier alpha value is -1.92. The van der Waals surface area contributed by atoms with E-state index in [-0.39, 0.29) is 6.61 Å². The summed E-state index contributed by atoms with van der Waals surface area (Å²) in [6, 6.07) is 11.7. The van der Waals surface area contributed by atoms with E-state index in [0.29, 0.717) is 11.3 Å². The minimum absolute atomic E-state index is 0.329. The van der Waals surface area contributed by atoms with Crippen LogP contribution in [0.4, 0.5) is 10.1 Å². The van der Waals surface area contributed by atoms with Gasteiger partial charge >= 0.3 is 0 Å². The van der Waals surface area contributed by atoms with Gasteiger partial charge < -0.3 is 5.11 Å². The highest BCUT2D eigenvalue weighted by Gasteiger charge is 2.19. The summed E-state index contributed by atoms with van der Waals surface area (Å²) >= 11 is 0. The van der Waals surface area contributed by atoms with Gasteiger partial charge in [0.15, 0.2) is 0 Å². The Bertz CT molecular complexity index is 672. The van der Waals surface area contributed by atoms with Crippen molar-refractivity contribution in [3.05, 3.63) is 59.9 Å². The van der Waals surface area contributed by atoms with Crippen molar-refractivity contribution in [1.82, 2.24) is 0 Å². The van der Waals surface area contributed by atoms with E-state index >= 15 is 0 Å². The maximum atomic E-state index is 13.6. The second kappa shape index (κ2) is 5.38. The zero-order chi connectivity index (χ0) is 13.9. The lowest BCUT2D eigenvalue weighted by Gasteiger charge is -2.09. The molecule has 0 fully saturated rings. The van der Waals surface area contributed by atoms with Crippen LogP contribution in [-0.2, 0) is 16.6 Å². The van der Waals surface area contributed by atoms with Gasteiger partial charge in [-0.25, -0.2) is 12.8 Å². The lowest BCUT2D eigenvalue weighted by atomic mass is 10.2. The molecule has 0 saturated heterocycles. The molecular weight excluding hydrogens is 269 g/mol. The molecule has 0 amide bonds. The van der Waals surface area contributed by atoms with Crippen molar-refractivity contribution in [2.75, 3.05) is 4.72 Å². The first kappa shape index (κ1) is 13.5. The van der Waals surface area contributed by atoms with Crippen LogP contribution in [0.2, 0.25) is 0 Å². The quantitative estimate of drug-likeness (QED) is 0.902. The highest BCUT2D eigenvalue weighted by molar-refractivity contribution is 7.92. The molecule has 0 spiro atoms. The fourth-order valence-corrected chi connectivity index (χ4v) is 2.76. The Morgan fingerprint density at radius 1 is 1.11 bits per heavy atom. The van der Waals surface area contributed by atoms with Gasteiger partial charge in [-0.15, -0.1) is 0 Å². The Kier molecular flexibility index (Phi) is 3.82. The van der Waals surface area contributed by atoms with Gasteiger partial charge in [-0.3, -0.25) is 4.72 Å². The topological polar surface area (TPSA) is 66.4 Å². The van der Waals surface area contributed by atoms with E-state index in [2.05, 4.69) is 4.72 Å². The molecule has 0 heterocycles. The average molecular weight is 281 g/mol. The minimum atomic E-state index is -4.01. The summed E-state index contributed by atoms with van der Waals surface area (Å²) in [5, 5.41) is 8.97. The van der Waals surface area contributed by atoms with Gasteiger partial charge in [0.1, 0.15) is 10.7 Å². The number of benzene rings is 2. The number of hydrogen-bond donors (Lipinski definition) is 2. The van der Waals surface area contributed by atoms with Crippen LogP contribution in [0.3, 0.4) is 0 Å². The number of aliphatic hydroxyl groups excluding tert-OH is 1. The number of hydrogen-bond acceptors (Lipinski definition) is 3. The van der Waals surface area contributed by atoms with Gasteiger partial charge in [-0.05, 0) is 29.8 Å². The number of para-hydroxylation sites is 1. The molecule has 0 unspecified atom stereocenters. The Morgan fingerprint density at radius 2 is 1.79 bits per heavy atom. The summed E-state index contributed by atoms with van der Waals surface area (Å²) in [5.41, 5.74) is 0.672. The Balaban J connectivity index is 2.39. The molecule has 0 aliphatic heterocycles. The van der Waals surface area contributed by atoms with E-state index in [1.165, 1.54) is 6.07 Å². The molecule has 2 aromatic rings. The van der Waals surface area contributed by atoms with Crippen molar-refractivity contribution in [3.63, 3.8) is 0 Å². The maximum absolute atomic E-state index is 13.6. The van der Waals surface area contributed by atoms with Crippen LogP contribution in [0.5, 0.6) is 0 Å². The van der Waals surface area contributed by atoms with Gasteiger partial charge in [0, 0.05) is 5.69 Å². The first-order chi connectivity index (χ1) is 9.03. The van der Waals surface area contributed by atoms with E-state index in [1.54, 1.807) is 30.3 Å². The van der Waals surface area contributed by atoms with Crippen molar-refractivity contribution in [1.29, 1.82) is 0 Å². The number of nitrogens with one attached hydrogen (secondary N) is 1. The van der Waals surface area contributed by atoms with Crippen LogP contribution in [0.1, 0.15) is 5.56 Å². The smallest absolute Gasteiger partial charge is 0.264 e. The summed E-state index contributed by atoms with van der Waals surface area (Å²) in [7, 11) is -4.01. The SMILES string of the molecule is O=S(=O)(Nc1ccccc1)c1cc(CO)ccc1F. The van der Waals surface area contributed by atoms with E-state index in [4.69, 9.17) is 5.11 Å². The van der Waals surface area contributed by atoms with Gasteiger partial charge in [0.05, 0.1) is 6.61 Å². The Morgan fingerprint density at radius 3 is 2.42 bits per heavy atom. The number of rotatable bonds is 4. The van der Waals surface area contributed by atoms with E-state index in [9.17, 15) is 12.8 Å². The molecule has 0 atom stereocenters. The highest BCUT2D eigenvalue weighted by Crippen LogP contribution is 2.20. The second-order valence-electron chi connectivity index (χ2n) is 3.89. The summed E-state index contributed by atoms with van der Waals surface area (Å²) in [6.45, 7) is -0.353. The van der Waals surface area contributed by atoms with Crippen molar-refractivity contribution < 1.29 is 17.9 Å². The largest absolute Gasteiger partial charge is 0.392 e. The number of halogens is 1. The molecule has 0 aliphatic rings. The summed E-state index contributed by atoms with van der Waals surface area (Å²) in [5.74, 6) is -0.861. The second-order valence-corrected chi connectivity index (χ2v) is 5.55. The molecular formula is C13H12FNO3S. The maximum Gasteiger partial charge on any atom is 0.264 e. The molecule has 2 rings (SSSR count). The average Bonchev–Trinajstić information content (AvgIpc) is 2.39. The fourth-order valence-electron chi connectivity index (χ4n) is 1.57. The van der Waals surface area contributed by atoms with Crippen LogP contribution in [-0.4, -0.2) is 13.5 Å². The normalized spacial score (nSPS) is 11.3. The lowest BCUT2D eigenvalue weighted by molar-refractivity contribution is 0.281. The van der Waals surface area contributed by atoms with Crippen LogP contribution < -0.4 is 4.72 Å². The predicted octanol–water partition coefficient (Wildman–Crippen LogP) is 2.12. The van der Waals surface area contributed by atoms with Crippen molar-refractivity contribution in [3.8, 4) is 0 Å². The summed E-state index contributed by atoms with van der Waals surface area (Å²) < 4.78 is 40.0. The number of anilines is 1. The molecule has 2 aromatic carbocycles. The zero-order valence-electron chi connectivity index (χ0n) is 9.88. The van der Waals surface area contributed by atoms with Crippen LogP contribution in [0, 0.1) is 5.82 Å². The van der Waals surface area contributed by atoms with Gasteiger partial charge in [-0.1, -0.05) is 24.3 Å². The highest BCUT2D eigenvalue weighted by atomic mass is 32.2. The third kappa shape index (κ3) is 3.10.